The van der Waals surface area contributed by atoms with Crippen LogP contribution in [0.1, 0.15) is 31.9 Å². The maximum Gasteiger partial charge on any atom is 0.315 e. The van der Waals surface area contributed by atoms with Crippen molar-refractivity contribution in [3.05, 3.63) is 11.6 Å². The highest BCUT2D eigenvalue weighted by atomic mass is 16.5. The number of hydrogen-bond acceptors (Lipinski definition) is 5. The molecule has 3 heterocycles. The Kier molecular flexibility index (Phi) is 5.68. The smallest absolute Gasteiger partial charge is 0.315 e. The zero-order valence-electron chi connectivity index (χ0n) is 14.6. The van der Waals surface area contributed by atoms with Crippen molar-refractivity contribution in [3.63, 3.8) is 0 Å². The van der Waals surface area contributed by atoms with Gasteiger partial charge in [-0.1, -0.05) is 13.8 Å². The Hall–Kier alpha value is -1.67. The number of fused-ring (bicyclic) bond motifs is 1. The molecule has 0 aromatic carbocycles. The summed E-state index contributed by atoms with van der Waals surface area (Å²) in [6.45, 7) is 9.80. The summed E-state index contributed by atoms with van der Waals surface area (Å²) >= 11 is 0. The van der Waals surface area contributed by atoms with Crippen molar-refractivity contribution in [2.24, 2.45) is 5.92 Å². The van der Waals surface area contributed by atoms with E-state index in [4.69, 9.17) is 4.74 Å². The SMILES string of the molecule is CC(C)[C@H](CNC(=O)NCc1nnc2n1CCC2)N1CCOCC1. The van der Waals surface area contributed by atoms with E-state index >= 15 is 0 Å². The van der Waals surface area contributed by atoms with Crippen LogP contribution in [0.2, 0.25) is 0 Å². The van der Waals surface area contributed by atoms with Crippen LogP contribution in [0, 0.1) is 5.92 Å². The zero-order chi connectivity index (χ0) is 16.9. The molecule has 134 valence electrons. The van der Waals surface area contributed by atoms with Gasteiger partial charge in [0.1, 0.15) is 5.82 Å². The molecule has 1 aromatic heterocycles. The second kappa shape index (κ2) is 7.94. The van der Waals surface area contributed by atoms with Gasteiger partial charge in [-0.05, 0) is 12.3 Å². The second-order valence-electron chi connectivity index (χ2n) is 6.81. The van der Waals surface area contributed by atoms with Gasteiger partial charge in [0.05, 0.1) is 19.8 Å². The Bertz CT molecular complexity index is 553. The quantitative estimate of drug-likeness (QED) is 0.785. The number of rotatable bonds is 6. The second-order valence-corrected chi connectivity index (χ2v) is 6.81. The van der Waals surface area contributed by atoms with E-state index in [1.165, 1.54) is 0 Å². The summed E-state index contributed by atoms with van der Waals surface area (Å²) in [4.78, 5) is 14.5. The van der Waals surface area contributed by atoms with Crippen molar-refractivity contribution in [2.45, 2.75) is 45.8 Å². The number of amides is 2. The third-order valence-electron chi connectivity index (χ3n) is 4.85. The van der Waals surface area contributed by atoms with Crippen LogP contribution in [0.15, 0.2) is 0 Å². The predicted molar refractivity (Wildman–Crippen MR) is 89.6 cm³/mol. The summed E-state index contributed by atoms with van der Waals surface area (Å²) in [5.74, 6) is 2.34. The summed E-state index contributed by atoms with van der Waals surface area (Å²) < 4.78 is 7.52. The van der Waals surface area contributed by atoms with Crippen LogP contribution in [-0.4, -0.2) is 64.6 Å². The number of carbonyl (C=O) groups excluding carboxylic acids is 1. The zero-order valence-corrected chi connectivity index (χ0v) is 14.6. The molecule has 0 bridgehead atoms. The first-order valence-electron chi connectivity index (χ1n) is 8.89. The van der Waals surface area contributed by atoms with Crippen molar-refractivity contribution in [1.29, 1.82) is 0 Å². The van der Waals surface area contributed by atoms with Crippen molar-refractivity contribution in [2.75, 3.05) is 32.8 Å². The lowest BCUT2D eigenvalue weighted by Crippen LogP contribution is -2.52. The first-order chi connectivity index (χ1) is 11.6. The van der Waals surface area contributed by atoms with Crippen LogP contribution in [0.4, 0.5) is 4.79 Å². The van der Waals surface area contributed by atoms with Crippen molar-refractivity contribution < 1.29 is 9.53 Å². The molecule has 0 radical (unpaired) electrons. The van der Waals surface area contributed by atoms with Crippen molar-refractivity contribution in [1.82, 2.24) is 30.3 Å². The normalized spacial score (nSPS) is 19.3. The summed E-state index contributed by atoms with van der Waals surface area (Å²) in [7, 11) is 0. The first-order valence-corrected chi connectivity index (χ1v) is 8.89. The van der Waals surface area contributed by atoms with E-state index in [2.05, 4.69) is 44.1 Å². The fourth-order valence-electron chi connectivity index (χ4n) is 3.46. The summed E-state index contributed by atoms with van der Waals surface area (Å²) in [6.07, 6.45) is 2.09. The van der Waals surface area contributed by atoms with E-state index in [0.717, 1.165) is 57.3 Å². The van der Waals surface area contributed by atoms with Gasteiger partial charge in [0.25, 0.3) is 0 Å². The highest BCUT2D eigenvalue weighted by Crippen LogP contribution is 2.14. The molecule has 1 atom stereocenters. The lowest BCUT2D eigenvalue weighted by molar-refractivity contribution is 0.00719. The molecule has 8 heteroatoms. The summed E-state index contributed by atoms with van der Waals surface area (Å²) in [5.41, 5.74) is 0. The highest BCUT2D eigenvalue weighted by Gasteiger charge is 2.24. The number of aromatic nitrogens is 3. The van der Waals surface area contributed by atoms with Gasteiger partial charge in [0, 0.05) is 38.6 Å². The molecule has 1 aromatic rings. The predicted octanol–water partition coefficient (Wildman–Crippen LogP) is 0.380. The van der Waals surface area contributed by atoms with Crippen LogP contribution in [-0.2, 0) is 24.2 Å². The minimum Gasteiger partial charge on any atom is -0.379 e. The van der Waals surface area contributed by atoms with Crippen LogP contribution in [0.5, 0.6) is 0 Å². The molecule has 8 nitrogen and oxygen atoms in total. The number of morpholine rings is 1. The van der Waals surface area contributed by atoms with E-state index in [9.17, 15) is 4.79 Å². The van der Waals surface area contributed by atoms with Gasteiger partial charge < -0.3 is 19.9 Å². The first kappa shape index (κ1) is 17.2. The molecule has 3 rings (SSSR count). The van der Waals surface area contributed by atoms with Gasteiger partial charge in [-0.15, -0.1) is 10.2 Å². The minimum absolute atomic E-state index is 0.149. The number of nitrogens with one attached hydrogen (secondary N) is 2. The largest absolute Gasteiger partial charge is 0.379 e. The van der Waals surface area contributed by atoms with Crippen LogP contribution in [0.25, 0.3) is 0 Å². The van der Waals surface area contributed by atoms with E-state index < -0.39 is 0 Å². The van der Waals surface area contributed by atoms with Gasteiger partial charge >= 0.3 is 6.03 Å². The van der Waals surface area contributed by atoms with Crippen LogP contribution < -0.4 is 10.6 Å². The molecule has 0 unspecified atom stereocenters. The van der Waals surface area contributed by atoms with E-state index in [0.29, 0.717) is 25.0 Å². The number of hydrogen-bond donors (Lipinski definition) is 2. The summed E-state index contributed by atoms with van der Waals surface area (Å²) in [6, 6.07) is 0.182. The molecular weight excluding hydrogens is 308 g/mol. The molecular formula is C16H28N6O2. The molecule has 1 saturated heterocycles. The number of ether oxygens (including phenoxy) is 1. The number of carbonyl (C=O) groups is 1. The van der Waals surface area contributed by atoms with Gasteiger partial charge in [0.2, 0.25) is 0 Å². The van der Waals surface area contributed by atoms with Crippen molar-refractivity contribution in [3.8, 4) is 0 Å². The molecule has 0 saturated carbocycles. The molecule has 2 N–H and O–H groups in total. The maximum atomic E-state index is 12.1. The average molecular weight is 336 g/mol. The van der Waals surface area contributed by atoms with Gasteiger partial charge in [-0.25, -0.2) is 4.79 Å². The monoisotopic (exact) mass is 336 g/mol. The minimum atomic E-state index is -0.149. The molecule has 1 fully saturated rings. The molecule has 0 aliphatic carbocycles. The van der Waals surface area contributed by atoms with E-state index in [1.807, 2.05) is 0 Å². The van der Waals surface area contributed by atoms with Crippen LogP contribution >= 0.6 is 0 Å². The Morgan fingerprint density at radius 3 is 2.75 bits per heavy atom. The molecule has 2 amide bonds. The third-order valence-corrected chi connectivity index (χ3v) is 4.85. The number of nitrogens with zero attached hydrogens (tertiary/aromatic N) is 4. The van der Waals surface area contributed by atoms with Gasteiger partial charge in [-0.3, -0.25) is 4.90 Å². The third kappa shape index (κ3) is 4.05. The lowest BCUT2D eigenvalue weighted by atomic mass is 10.0. The van der Waals surface area contributed by atoms with E-state index in [1.54, 1.807) is 0 Å². The van der Waals surface area contributed by atoms with Gasteiger partial charge in [-0.2, -0.15) is 0 Å². The van der Waals surface area contributed by atoms with Crippen LogP contribution in [0.3, 0.4) is 0 Å². The Morgan fingerprint density at radius 2 is 2.00 bits per heavy atom. The van der Waals surface area contributed by atoms with E-state index in [-0.39, 0.29) is 6.03 Å². The molecule has 2 aliphatic heterocycles. The standard InChI is InChI=1S/C16H28N6O2/c1-12(2)13(21-6-8-24-9-7-21)10-17-16(23)18-11-15-20-19-14-4-3-5-22(14)15/h12-13H,3-11H2,1-2H3,(H2,17,18,23)/t13-/m0/s1. The molecule has 2 aliphatic rings. The fraction of sp³-hybridized carbons (Fsp3) is 0.812. The maximum absolute atomic E-state index is 12.1. The highest BCUT2D eigenvalue weighted by molar-refractivity contribution is 5.73. The Morgan fingerprint density at radius 1 is 1.21 bits per heavy atom. The fourth-order valence-corrected chi connectivity index (χ4v) is 3.46. The molecule has 0 spiro atoms. The van der Waals surface area contributed by atoms with Gasteiger partial charge in [0.15, 0.2) is 5.82 Å². The number of aryl methyl sites for hydroxylation is 1. The Labute approximate surface area is 142 Å². The Balaban J connectivity index is 1.45. The lowest BCUT2D eigenvalue weighted by Gasteiger charge is -2.36. The summed E-state index contributed by atoms with van der Waals surface area (Å²) in [5, 5.41) is 14.2. The topological polar surface area (TPSA) is 84.3 Å². The average Bonchev–Trinajstić information content (AvgIpc) is 3.17. The van der Waals surface area contributed by atoms with Crippen molar-refractivity contribution >= 4 is 6.03 Å². The number of urea groups is 1. The molecule has 24 heavy (non-hydrogen) atoms.